The number of nitrogens with zero attached hydrogens (tertiary/aromatic N) is 3. The van der Waals surface area contributed by atoms with Crippen molar-refractivity contribution in [3.8, 4) is 22.9 Å². The SMILES string of the molecule is COc1cc(C(C)(C)NC(=O)Nc2ccc3c(c2)CN(C2CCC(=O)NC2=O)C3=O)ccc1-c1cncc(C#N)c1. The highest BCUT2D eigenvalue weighted by Gasteiger charge is 2.39. The van der Waals surface area contributed by atoms with E-state index in [9.17, 15) is 24.4 Å². The molecule has 0 saturated carbocycles. The summed E-state index contributed by atoms with van der Waals surface area (Å²) in [5, 5.41) is 17.3. The summed E-state index contributed by atoms with van der Waals surface area (Å²) in [5.74, 6) is -0.523. The van der Waals surface area contributed by atoms with E-state index < -0.39 is 23.5 Å². The Kier molecular flexibility index (Phi) is 7.15. The Bertz CT molecular complexity index is 1630. The van der Waals surface area contributed by atoms with Crippen molar-refractivity contribution in [3.05, 3.63) is 77.1 Å². The number of rotatable bonds is 6. The van der Waals surface area contributed by atoms with Crippen LogP contribution in [-0.4, -0.2) is 46.8 Å². The van der Waals surface area contributed by atoms with Gasteiger partial charge < -0.3 is 20.3 Å². The normalized spacial score (nSPS) is 16.5. The van der Waals surface area contributed by atoms with Gasteiger partial charge in [-0.25, -0.2) is 4.79 Å². The number of urea groups is 1. The maximum absolute atomic E-state index is 13.0. The third kappa shape index (κ3) is 5.45. The molecule has 2 aliphatic heterocycles. The number of carbonyl (C=O) groups excluding carboxylic acids is 4. The van der Waals surface area contributed by atoms with E-state index in [4.69, 9.17) is 4.74 Å². The van der Waals surface area contributed by atoms with Gasteiger partial charge in [-0.3, -0.25) is 24.7 Å². The molecular formula is C30H28N6O5. The predicted octanol–water partition coefficient (Wildman–Crippen LogP) is 3.45. The van der Waals surface area contributed by atoms with Crippen LogP contribution in [0.4, 0.5) is 10.5 Å². The van der Waals surface area contributed by atoms with Crippen molar-refractivity contribution in [3.63, 3.8) is 0 Å². The van der Waals surface area contributed by atoms with Crippen molar-refractivity contribution in [2.45, 2.75) is 44.8 Å². The van der Waals surface area contributed by atoms with Crippen LogP contribution in [0.2, 0.25) is 0 Å². The van der Waals surface area contributed by atoms with Gasteiger partial charge in [-0.1, -0.05) is 12.1 Å². The minimum Gasteiger partial charge on any atom is -0.496 e. The van der Waals surface area contributed by atoms with Crippen molar-refractivity contribution in [1.82, 2.24) is 20.5 Å². The number of nitriles is 1. The van der Waals surface area contributed by atoms with Gasteiger partial charge in [0.15, 0.2) is 0 Å². The summed E-state index contributed by atoms with van der Waals surface area (Å²) in [6.45, 7) is 3.93. The van der Waals surface area contributed by atoms with Crippen molar-refractivity contribution in [2.75, 3.05) is 12.4 Å². The van der Waals surface area contributed by atoms with E-state index in [2.05, 4.69) is 27.0 Å². The van der Waals surface area contributed by atoms with Crippen LogP contribution < -0.4 is 20.7 Å². The molecule has 1 atom stereocenters. The van der Waals surface area contributed by atoms with E-state index in [1.165, 1.54) is 11.1 Å². The number of imide groups is 1. The average molecular weight is 553 g/mol. The maximum Gasteiger partial charge on any atom is 0.319 e. The van der Waals surface area contributed by atoms with E-state index in [1.54, 1.807) is 37.6 Å². The number of hydrogen-bond acceptors (Lipinski definition) is 7. The topological polar surface area (TPSA) is 154 Å². The number of ether oxygens (including phenoxy) is 1. The Morgan fingerprint density at radius 1 is 1.12 bits per heavy atom. The molecule has 1 saturated heterocycles. The number of fused-ring (bicyclic) bond motifs is 1. The fraction of sp³-hybridized carbons (Fsp3) is 0.267. The standard InChI is InChI=1S/C30H28N6O5/c1-30(2,20-4-6-22(25(12-20)41-3)18-10-17(13-31)14-32-15-18)35-29(40)33-21-5-7-23-19(11-21)16-36(28(23)39)24-8-9-26(37)34-27(24)38/h4-7,10-12,14-15,24H,8-9,16H2,1-3H3,(H2,33,35,40)(H,34,37,38). The molecule has 41 heavy (non-hydrogen) atoms. The largest absolute Gasteiger partial charge is 0.496 e. The van der Waals surface area contributed by atoms with Crippen molar-refractivity contribution in [2.24, 2.45) is 0 Å². The van der Waals surface area contributed by atoms with Gasteiger partial charge in [0, 0.05) is 47.7 Å². The molecule has 0 bridgehead atoms. The lowest BCUT2D eigenvalue weighted by Crippen LogP contribution is -2.52. The number of aromatic nitrogens is 1. The fourth-order valence-corrected chi connectivity index (χ4v) is 5.14. The third-order valence-electron chi connectivity index (χ3n) is 7.31. The molecule has 11 heteroatoms. The zero-order valence-electron chi connectivity index (χ0n) is 22.8. The van der Waals surface area contributed by atoms with Crippen LogP contribution in [0, 0.1) is 11.3 Å². The van der Waals surface area contributed by atoms with E-state index in [1.807, 2.05) is 32.0 Å². The summed E-state index contributed by atoms with van der Waals surface area (Å²) in [7, 11) is 1.55. The molecule has 208 valence electrons. The van der Waals surface area contributed by atoms with Crippen LogP contribution in [0.1, 0.15) is 53.7 Å². The minimum absolute atomic E-state index is 0.180. The Hall–Kier alpha value is -5.24. The number of pyridine rings is 1. The number of carbonyl (C=O) groups is 4. The summed E-state index contributed by atoms with van der Waals surface area (Å²) in [4.78, 5) is 55.3. The molecule has 1 unspecified atom stereocenters. The van der Waals surface area contributed by atoms with Crippen LogP contribution in [-0.2, 0) is 21.7 Å². The van der Waals surface area contributed by atoms with Gasteiger partial charge in [-0.2, -0.15) is 5.26 Å². The number of piperidine rings is 1. The van der Waals surface area contributed by atoms with Crippen LogP contribution in [0.15, 0.2) is 54.9 Å². The van der Waals surface area contributed by atoms with Gasteiger partial charge in [0.2, 0.25) is 11.8 Å². The Labute approximate surface area is 236 Å². The molecule has 3 aromatic rings. The monoisotopic (exact) mass is 552 g/mol. The van der Waals surface area contributed by atoms with E-state index >= 15 is 0 Å². The number of amides is 5. The number of methoxy groups -OCH3 is 1. The Morgan fingerprint density at radius 2 is 1.90 bits per heavy atom. The highest BCUT2D eigenvalue weighted by atomic mass is 16.5. The summed E-state index contributed by atoms with van der Waals surface area (Å²) < 4.78 is 5.61. The van der Waals surface area contributed by atoms with Crippen LogP contribution in [0.3, 0.4) is 0 Å². The molecule has 5 amide bonds. The number of anilines is 1. The lowest BCUT2D eigenvalue weighted by molar-refractivity contribution is -0.136. The summed E-state index contributed by atoms with van der Waals surface area (Å²) in [6.07, 6.45) is 3.61. The van der Waals surface area contributed by atoms with Crippen LogP contribution >= 0.6 is 0 Å². The predicted molar refractivity (Wildman–Crippen MR) is 149 cm³/mol. The van der Waals surface area contributed by atoms with Gasteiger partial charge in [0.25, 0.3) is 5.91 Å². The van der Waals surface area contributed by atoms with E-state index in [0.29, 0.717) is 28.1 Å². The molecule has 11 nitrogen and oxygen atoms in total. The second-order valence-corrected chi connectivity index (χ2v) is 10.5. The molecule has 0 aliphatic carbocycles. The first-order valence-corrected chi connectivity index (χ1v) is 13.0. The molecule has 1 aromatic heterocycles. The minimum atomic E-state index is -0.794. The van der Waals surface area contributed by atoms with Crippen molar-refractivity contribution in [1.29, 1.82) is 5.26 Å². The van der Waals surface area contributed by atoms with Gasteiger partial charge in [-0.05, 0) is 61.7 Å². The van der Waals surface area contributed by atoms with Crippen LogP contribution in [0.25, 0.3) is 11.1 Å². The molecule has 5 rings (SSSR count). The highest BCUT2D eigenvalue weighted by Crippen LogP contribution is 2.34. The van der Waals surface area contributed by atoms with Gasteiger partial charge in [0.1, 0.15) is 17.9 Å². The fourth-order valence-electron chi connectivity index (χ4n) is 5.14. The smallest absolute Gasteiger partial charge is 0.319 e. The van der Waals surface area contributed by atoms with Crippen LogP contribution in [0.5, 0.6) is 5.75 Å². The first-order valence-electron chi connectivity index (χ1n) is 13.0. The first-order chi connectivity index (χ1) is 19.6. The molecule has 2 aromatic carbocycles. The van der Waals surface area contributed by atoms with E-state index in [0.717, 1.165) is 16.7 Å². The zero-order chi connectivity index (χ0) is 29.3. The summed E-state index contributed by atoms with van der Waals surface area (Å²) >= 11 is 0. The molecule has 1 fully saturated rings. The second kappa shape index (κ2) is 10.7. The molecule has 2 aliphatic rings. The summed E-state index contributed by atoms with van der Waals surface area (Å²) in [5.41, 5.74) is 3.58. The number of benzene rings is 2. The first kappa shape index (κ1) is 27.3. The Balaban J connectivity index is 1.28. The number of hydrogen-bond donors (Lipinski definition) is 3. The van der Waals surface area contributed by atoms with E-state index in [-0.39, 0.29) is 31.2 Å². The Morgan fingerprint density at radius 3 is 2.63 bits per heavy atom. The third-order valence-corrected chi connectivity index (χ3v) is 7.31. The maximum atomic E-state index is 13.0. The lowest BCUT2D eigenvalue weighted by Gasteiger charge is -2.29. The van der Waals surface area contributed by atoms with Crippen molar-refractivity contribution >= 4 is 29.4 Å². The van der Waals surface area contributed by atoms with Crippen molar-refractivity contribution < 1.29 is 23.9 Å². The number of nitrogens with one attached hydrogen (secondary N) is 3. The zero-order valence-corrected chi connectivity index (χ0v) is 22.8. The van der Waals surface area contributed by atoms with Gasteiger partial charge >= 0.3 is 6.03 Å². The highest BCUT2D eigenvalue weighted by molar-refractivity contribution is 6.05. The summed E-state index contributed by atoms with van der Waals surface area (Å²) in [6, 6.07) is 13.2. The lowest BCUT2D eigenvalue weighted by atomic mass is 9.92. The quantitative estimate of drug-likeness (QED) is 0.396. The molecule has 0 spiro atoms. The molecular weight excluding hydrogens is 524 g/mol. The van der Waals surface area contributed by atoms with Gasteiger partial charge in [0.05, 0.1) is 18.2 Å². The molecule has 0 radical (unpaired) electrons. The molecule has 3 heterocycles. The van der Waals surface area contributed by atoms with Gasteiger partial charge in [-0.15, -0.1) is 0 Å². The molecule has 3 N–H and O–H groups in total. The second-order valence-electron chi connectivity index (χ2n) is 10.5. The average Bonchev–Trinajstić information content (AvgIpc) is 3.27.